The largest absolute Gasteiger partial charge is 0.445 e. The van der Waals surface area contributed by atoms with Crippen molar-refractivity contribution in [3.05, 3.63) is 46.3 Å². The lowest BCUT2D eigenvalue weighted by Crippen LogP contribution is -2.42. The fourth-order valence-corrected chi connectivity index (χ4v) is 2.50. The fraction of sp³-hybridized carbons (Fsp3) is 0.562. The quantitative estimate of drug-likeness (QED) is 0.429. The van der Waals surface area contributed by atoms with Crippen LogP contribution in [0, 0.1) is 0 Å². The molecule has 0 spiro atoms. The highest BCUT2D eigenvalue weighted by Crippen LogP contribution is 2.25. The minimum atomic E-state index is -4.64. The van der Waals surface area contributed by atoms with Crippen LogP contribution in [0.25, 0.3) is 10.4 Å². The zero-order valence-corrected chi connectivity index (χ0v) is 13.9. The summed E-state index contributed by atoms with van der Waals surface area (Å²) >= 11 is 0. The van der Waals surface area contributed by atoms with E-state index in [1.165, 1.54) is 4.90 Å². The molecule has 1 heterocycles. The lowest BCUT2D eigenvalue weighted by Gasteiger charge is -2.31. The molecule has 142 valence electrons. The number of likely N-dealkylation sites (tertiary alicyclic amines) is 1. The van der Waals surface area contributed by atoms with Crippen molar-refractivity contribution in [2.45, 2.75) is 37.8 Å². The molecule has 1 unspecified atom stereocenters. The van der Waals surface area contributed by atoms with Crippen molar-refractivity contribution in [3.63, 3.8) is 0 Å². The number of hydrogen-bond acceptors (Lipinski definition) is 4. The first-order chi connectivity index (χ1) is 12.4. The van der Waals surface area contributed by atoms with E-state index in [0.717, 1.165) is 5.56 Å². The lowest BCUT2D eigenvalue weighted by molar-refractivity contribution is -0.164. The van der Waals surface area contributed by atoms with E-state index in [0.29, 0.717) is 25.9 Å². The van der Waals surface area contributed by atoms with Gasteiger partial charge in [-0.15, -0.1) is 0 Å². The van der Waals surface area contributed by atoms with E-state index in [4.69, 9.17) is 15.0 Å². The molecule has 26 heavy (non-hydrogen) atoms. The minimum absolute atomic E-state index is 0.162. The lowest BCUT2D eigenvalue weighted by atomic mass is 10.1. The second-order valence-electron chi connectivity index (χ2n) is 5.82. The van der Waals surface area contributed by atoms with Gasteiger partial charge in [0.1, 0.15) is 6.61 Å². The van der Waals surface area contributed by atoms with Crippen LogP contribution in [0.1, 0.15) is 18.4 Å². The van der Waals surface area contributed by atoms with Crippen molar-refractivity contribution in [2.75, 3.05) is 19.7 Å². The molecule has 1 fully saturated rings. The fourth-order valence-electron chi connectivity index (χ4n) is 2.50. The van der Waals surface area contributed by atoms with Crippen LogP contribution in [0.15, 0.2) is 35.4 Å². The smallest absolute Gasteiger partial charge is 0.410 e. The molecule has 0 aromatic heterocycles. The second-order valence-corrected chi connectivity index (χ2v) is 5.82. The van der Waals surface area contributed by atoms with Crippen LogP contribution in [0.5, 0.6) is 0 Å². The van der Waals surface area contributed by atoms with E-state index in [2.05, 4.69) is 10.0 Å². The summed E-state index contributed by atoms with van der Waals surface area (Å²) in [6.07, 6.45) is -4.75. The monoisotopic (exact) mass is 372 g/mol. The number of rotatable bonds is 6. The molecule has 0 radical (unpaired) electrons. The van der Waals surface area contributed by atoms with Crippen LogP contribution in [0.2, 0.25) is 0 Å². The Bertz CT molecular complexity index is 627. The number of piperidine rings is 1. The number of carbonyl (C=O) groups is 1. The van der Waals surface area contributed by atoms with E-state index < -0.39 is 31.0 Å². The maximum Gasteiger partial charge on any atom is 0.410 e. The Labute approximate surface area is 148 Å². The average molecular weight is 372 g/mol. The molecule has 1 aromatic carbocycles. The first-order valence-corrected chi connectivity index (χ1v) is 8.08. The third-order valence-corrected chi connectivity index (χ3v) is 3.96. The molecular weight excluding hydrogens is 353 g/mol. The number of benzene rings is 1. The van der Waals surface area contributed by atoms with Crippen LogP contribution in [0.3, 0.4) is 0 Å². The predicted octanol–water partition coefficient (Wildman–Crippen LogP) is 4.05. The van der Waals surface area contributed by atoms with Gasteiger partial charge in [-0.3, -0.25) is 0 Å². The number of hydrogen-bond donors (Lipinski definition) is 0. The van der Waals surface area contributed by atoms with Crippen LogP contribution in [0.4, 0.5) is 18.0 Å². The summed E-state index contributed by atoms with van der Waals surface area (Å²) < 4.78 is 48.4. The van der Waals surface area contributed by atoms with Gasteiger partial charge in [-0.2, -0.15) is 13.2 Å². The van der Waals surface area contributed by atoms with E-state index in [1.54, 1.807) is 0 Å². The van der Waals surface area contributed by atoms with Crippen molar-refractivity contribution in [2.24, 2.45) is 5.11 Å². The van der Waals surface area contributed by atoms with Crippen molar-refractivity contribution in [1.29, 1.82) is 0 Å². The first kappa shape index (κ1) is 19.9. The van der Waals surface area contributed by atoms with Gasteiger partial charge in [0.05, 0.1) is 12.7 Å². The highest BCUT2D eigenvalue weighted by atomic mass is 19.4. The molecule has 0 N–H and O–H groups in total. The zero-order chi connectivity index (χ0) is 19.0. The standard InChI is InChI=1S/C16H19F3N4O3/c17-16(18,19)14(21-22-20)11-25-13-6-8-23(9-7-13)15(24)26-10-12-4-2-1-3-5-12/h1-5,13-14H,6-11H2. The van der Waals surface area contributed by atoms with Gasteiger partial charge in [0.25, 0.3) is 0 Å². The van der Waals surface area contributed by atoms with Gasteiger partial charge in [-0.05, 0) is 23.9 Å². The highest BCUT2D eigenvalue weighted by Gasteiger charge is 2.40. The predicted molar refractivity (Wildman–Crippen MR) is 86.2 cm³/mol. The third kappa shape index (κ3) is 6.12. The molecule has 2 rings (SSSR count). The minimum Gasteiger partial charge on any atom is -0.445 e. The van der Waals surface area contributed by atoms with Crippen molar-refractivity contribution in [1.82, 2.24) is 4.90 Å². The second kappa shape index (κ2) is 9.30. The Morgan fingerprint density at radius 2 is 1.96 bits per heavy atom. The molecule has 0 aliphatic carbocycles. The van der Waals surface area contributed by atoms with Crippen LogP contribution < -0.4 is 0 Å². The summed E-state index contributed by atoms with van der Waals surface area (Å²) in [5, 5.41) is 2.72. The number of ether oxygens (including phenoxy) is 2. The molecule has 1 aromatic rings. The van der Waals surface area contributed by atoms with Gasteiger partial charge < -0.3 is 14.4 Å². The summed E-state index contributed by atoms with van der Waals surface area (Å²) in [6, 6.07) is 7.03. The maximum absolute atomic E-state index is 12.6. The molecule has 10 heteroatoms. The van der Waals surface area contributed by atoms with Gasteiger partial charge >= 0.3 is 12.3 Å². The molecule has 1 aliphatic rings. The van der Waals surface area contributed by atoms with Gasteiger partial charge in [0, 0.05) is 18.0 Å². The summed E-state index contributed by atoms with van der Waals surface area (Å²) in [6.45, 7) is 0.0964. The SMILES string of the molecule is [N-]=[N+]=NC(COC1CCN(C(=O)OCc2ccccc2)CC1)C(F)(F)F. The third-order valence-electron chi connectivity index (χ3n) is 3.96. The van der Waals surface area contributed by atoms with Crippen molar-refractivity contribution >= 4 is 6.09 Å². The molecule has 1 aliphatic heterocycles. The Morgan fingerprint density at radius 1 is 1.31 bits per heavy atom. The molecule has 1 atom stereocenters. The van der Waals surface area contributed by atoms with Gasteiger partial charge in [0.2, 0.25) is 0 Å². The molecule has 1 saturated heterocycles. The summed E-state index contributed by atoms with van der Waals surface area (Å²) in [4.78, 5) is 15.7. The van der Waals surface area contributed by atoms with Crippen molar-refractivity contribution < 1.29 is 27.4 Å². The topological polar surface area (TPSA) is 87.5 Å². The van der Waals surface area contributed by atoms with E-state index in [-0.39, 0.29) is 6.61 Å². The number of amides is 1. The van der Waals surface area contributed by atoms with Gasteiger partial charge in [-0.25, -0.2) is 4.79 Å². The normalized spacial score (nSPS) is 16.7. The number of alkyl halides is 3. The summed E-state index contributed by atoms with van der Waals surface area (Å²) in [5.74, 6) is 0. The molecule has 1 amide bonds. The molecule has 7 nitrogen and oxygen atoms in total. The summed E-state index contributed by atoms with van der Waals surface area (Å²) in [7, 11) is 0. The number of carbonyl (C=O) groups excluding carboxylic acids is 1. The molecule has 0 saturated carbocycles. The number of azide groups is 1. The maximum atomic E-state index is 12.6. The van der Waals surface area contributed by atoms with Gasteiger partial charge in [-0.1, -0.05) is 35.4 Å². The Morgan fingerprint density at radius 3 is 2.54 bits per heavy atom. The molecule has 0 bridgehead atoms. The van der Waals surface area contributed by atoms with Gasteiger partial charge in [0.15, 0.2) is 6.04 Å². The van der Waals surface area contributed by atoms with Crippen LogP contribution in [-0.2, 0) is 16.1 Å². The molecular formula is C16H19F3N4O3. The van der Waals surface area contributed by atoms with E-state index >= 15 is 0 Å². The first-order valence-electron chi connectivity index (χ1n) is 8.08. The Kier molecular flexibility index (Phi) is 7.11. The van der Waals surface area contributed by atoms with Crippen LogP contribution in [-0.4, -0.2) is 49.0 Å². The van der Waals surface area contributed by atoms with Crippen LogP contribution >= 0.6 is 0 Å². The number of halogens is 3. The van der Waals surface area contributed by atoms with Crippen molar-refractivity contribution in [3.8, 4) is 0 Å². The summed E-state index contributed by atoms with van der Waals surface area (Å²) in [5.41, 5.74) is 9.08. The Hall–Kier alpha value is -2.45. The highest BCUT2D eigenvalue weighted by molar-refractivity contribution is 5.67. The average Bonchev–Trinajstić information content (AvgIpc) is 2.63. The number of nitrogens with zero attached hydrogens (tertiary/aromatic N) is 4. The van der Waals surface area contributed by atoms with E-state index in [1.807, 2.05) is 30.3 Å². The van der Waals surface area contributed by atoms with E-state index in [9.17, 15) is 18.0 Å². The Balaban J connectivity index is 1.72. The zero-order valence-electron chi connectivity index (χ0n) is 13.9.